The molecule has 0 saturated carbocycles. The van der Waals surface area contributed by atoms with E-state index in [-0.39, 0.29) is 12.7 Å². The van der Waals surface area contributed by atoms with Gasteiger partial charge >= 0.3 is 5.97 Å². The number of aliphatic carboxylic acids is 1. The molecule has 3 aliphatic heterocycles. The molecule has 0 aliphatic carbocycles. The highest BCUT2D eigenvalue weighted by Gasteiger charge is 2.54. The van der Waals surface area contributed by atoms with Crippen LogP contribution in [0.3, 0.4) is 0 Å². The lowest BCUT2D eigenvalue weighted by molar-refractivity contribution is -0.153. The molecular weight excluding hydrogens is 324 g/mol. The van der Waals surface area contributed by atoms with Crippen LogP contribution in [0.25, 0.3) is 0 Å². The number of piperidine rings is 1. The number of ether oxygens (including phenoxy) is 3. The molecule has 2 atom stereocenters. The Kier molecular flexibility index (Phi) is 4.00. The van der Waals surface area contributed by atoms with Crippen LogP contribution in [0.1, 0.15) is 12.0 Å². The molecule has 1 aromatic rings. The maximum Gasteiger partial charge on any atom is 0.312 e. The predicted octanol–water partition coefficient (Wildman–Crippen LogP) is 1.26. The molecule has 0 aromatic heterocycles. The first-order valence-electron chi connectivity index (χ1n) is 8.62. The minimum absolute atomic E-state index is 0.204. The zero-order valence-electron chi connectivity index (χ0n) is 14.7. The highest BCUT2D eigenvalue weighted by molar-refractivity contribution is 5.76. The molecule has 4 rings (SSSR count). The molecule has 3 heterocycles. The van der Waals surface area contributed by atoms with E-state index in [0.717, 1.165) is 25.1 Å². The molecule has 3 aliphatic rings. The van der Waals surface area contributed by atoms with Crippen molar-refractivity contribution >= 4 is 5.97 Å². The Bertz CT molecular complexity index is 694. The van der Waals surface area contributed by atoms with Gasteiger partial charge in [-0.25, -0.2) is 0 Å². The maximum absolute atomic E-state index is 12.0. The molecule has 0 bridgehead atoms. The van der Waals surface area contributed by atoms with Crippen LogP contribution in [0, 0.1) is 11.3 Å². The number of likely N-dealkylation sites (tertiary alicyclic amines) is 2. The van der Waals surface area contributed by atoms with Crippen LogP contribution in [0.5, 0.6) is 17.2 Å². The largest absolute Gasteiger partial charge is 0.493 e. The third kappa shape index (κ3) is 2.71. The summed E-state index contributed by atoms with van der Waals surface area (Å²) in [6, 6.07) is 3.92. The van der Waals surface area contributed by atoms with Crippen molar-refractivity contribution in [1.29, 1.82) is 0 Å². The summed E-state index contributed by atoms with van der Waals surface area (Å²) < 4.78 is 16.3. The average molecular weight is 348 g/mol. The molecule has 2 fully saturated rings. The fraction of sp³-hybridized carbons (Fsp3) is 0.611. The SMILES string of the molecule is COc1cc(CN2C[C@@H]3CCN(C)C[C@]3(C(=O)O)C2)cc2c1OCO2. The number of carbonyl (C=O) groups is 1. The summed E-state index contributed by atoms with van der Waals surface area (Å²) >= 11 is 0. The van der Waals surface area contributed by atoms with Gasteiger partial charge in [-0.1, -0.05) is 0 Å². The first kappa shape index (κ1) is 16.5. The summed E-state index contributed by atoms with van der Waals surface area (Å²) in [6.45, 7) is 3.86. The number of nitrogens with zero attached hydrogens (tertiary/aromatic N) is 2. The molecule has 7 nitrogen and oxygen atoms in total. The molecule has 136 valence electrons. The van der Waals surface area contributed by atoms with Gasteiger partial charge in [-0.3, -0.25) is 9.69 Å². The molecular formula is C18H24N2O5. The molecule has 7 heteroatoms. The van der Waals surface area contributed by atoms with Crippen molar-refractivity contribution in [3.8, 4) is 17.2 Å². The van der Waals surface area contributed by atoms with Crippen molar-refractivity contribution in [1.82, 2.24) is 9.80 Å². The van der Waals surface area contributed by atoms with Crippen molar-refractivity contribution in [2.24, 2.45) is 11.3 Å². The maximum atomic E-state index is 12.0. The predicted molar refractivity (Wildman–Crippen MR) is 90.1 cm³/mol. The Morgan fingerprint density at radius 1 is 1.40 bits per heavy atom. The van der Waals surface area contributed by atoms with Gasteiger partial charge in [0.05, 0.1) is 12.5 Å². The lowest BCUT2D eigenvalue weighted by Gasteiger charge is -2.39. The van der Waals surface area contributed by atoms with Gasteiger partial charge in [0.15, 0.2) is 11.5 Å². The molecule has 0 amide bonds. The van der Waals surface area contributed by atoms with Crippen LogP contribution in [-0.4, -0.2) is 68.0 Å². The molecule has 0 radical (unpaired) electrons. The van der Waals surface area contributed by atoms with Crippen LogP contribution in [0.2, 0.25) is 0 Å². The Labute approximate surface area is 147 Å². The molecule has 1 N–H and O–H groups in total. The smallest absolute Gasteiger partial charge is 0.312 e. The number of carboxylic acid groups (broad SMARTS) is 1. The highest BCUT2D eigenvalue weighted by Crippen LogP contribution is 2.45. The van der Waals surface area contributed by atoms with Gasteiger partial charge in [-0.15, -0.1) is 0 Å². The van der Waals surface area contributed by atoms with Crippen LogP contribution in [-0.2, 0) is 11.3 Å². The zero-order valence-corrected chi connectivity index (χ0v) is 14.7. The summed E-state index contributed by atoms with van der Waals surface area (Å²) in [5, 5.41) is 9.90. The second-order valence-electron chi connectivity index (χ2n) is 7.39. The van der Waals surface area contributed by atoms with Crippen LogP contribution >= 0.6 is 0 Å². The Hall–Kier alpha value is -1.99. The van der Waals surface area contributed by atoms with Crippen LogP contribution in [0.15, 0.2) is 12.1 Å². The van der Waals surface area contributed by atoms with Gasteiger partial charge in [0.2, 0.25) is 12.5 Å². The first-order valence-corrected chi connectivity index (χ1v) is 8.62. The fourth-order valence-corrected chi connectivity index (χ4v) is 4.53. The normalized spacial score (nSPS) is 28.8. The summed E-state index contributed by atoms with van der Waals surface area (Å²) in [4.78, 5) is 16.4. The van der Waals surface area contributed by atoms with E-state index >= 15 is 0 Å². The van der Waals surface area contributed by atoms with E-state index < -0.39 is 11.4 Å². The van der Waals surface area contributed by atoms with E-state index in [2.05, 4.69) is 9.80 Å². The molecule has 2 saturated heterocycles. The van der Waals surface area contributed by atoms with E-state index in [9.17, 15) is 9.90 Å². The molecule has 25 heavy (non-hydrogen) atoms. The van der Waals surface area contributed by atoms with Crippen molar-refractivity contribution in [2.75, 3.05) is 47.1 Å². The molecule has 1 aromatic carbocycles. The van der Waals surface area contributed by atoms with Gasteiger partial charge in [-0.05, 0) is 43.6 Å². The van der Waals surface area contributed by atoms with E-state index in [0.29, 0.717) is 36.9 Å². The minimum atomic E-state index is -0.671. The number of benzene rings is 1. The standard InChI is InChI=1S/C18H24N2O5/c1-19-4-3-13-8-20(10-18(13,9-19)17(21)22)7-12-5-14(23-2)16-15(6-12)24-11-25-16/h5-6,13H,3-4,7-11H2,1-2H3,(H,21,22)/t13-,18-/m0/s1. The highest BCUT2D eigenvalue weighted by atomic mass is 16.7. The zero-order chi connectivity index (χ0) is 17.6. The number of rotatable bonds is 4. The van der Waals surface area contributed by atoms with E-state index in [1.165, 1.54) is 0 Å². The average Bonchev–Trinajstić information content (AvgIpc) is 3.18. The van der Waals surface area contributed by atoms with Crippen LogP contribution < -0.4 is 14.2 Å². The second kappa shape index (κ2) is 6.07. The van der Waals surface area contributed by atoms with Gasteiger partial charge in [-0.2, -0.15) is 0 Å². The van der Waals surface area contributed by atoms with E-state index in [1.54, 1.807) is 7.11 Å². The Balaban J connectivity index is 1.56. The summed E-state index contributed by atoms with van der Waals surface area (Å²) in [5.41, 5.74) is 0.390. The van der Waals surface area contributed by atoms with E-state index in [1.807, 2.05) is 19.2 Å². The Morgan fingerprint density at radius 3 is 3.00 bits per heavy atom. The Morgan fingerprint density at radius 2 is 2.24 bits per heavy atom. The van der Waals surface area contributed by atoms with E-state index in [4.69, 9.17) is 14.2 Å². The summed E-state index contributed by atoms with van der Waals surface area (Å²) in [6.07, 6.45) is 0.934. The number of carboxylic acids is 1. The van der Waals surface area contributed by atoms with Gasteiger partial charge in [0.25, 0.3) is 0 Å². The lowest BCUT2D eigenvalue weighted by Crippen LogP contribution is -2.52. The topological polar surface area (TPSA) is 71.5 Å². The number of hydrogen-bond donors (Lipinski definition) is 1. The fourth-order valence-electron chi connectivity index (χ4n) is 4.53. The third-order valence-corrected chi connectivity index (χ3v) is 5.73. The molecule has 0 spiro atoms. The van der Waals surface area contributed by atoms with Crippen molar-refractivity contribution < 1.29 is 24.1 Å². The number of hydrogen-bond acceptors (Lipinski definition) is 6. The first-order chi connectivity index (χ1) is 12.0. The second-order valence-corrected chi connectivity index (χ2v) is 7.39. The third-order valence-electron chi connectivity index (χ3n) is 5.73. The number of fused-ring (bicyclic) bond motifs is 2. The van der Waals surface area contributed by atoms with Crippen molar-refractivity contribution in [2.45, 2.75) is 13.0 Å². The van der Waals surface area contributed by atoms with Gasteiger partial charge < -0.3 is 24.2 Å². The van der Waals surface area contributed by atoms with Crippen molar-refractivity contribution in [3.05, 3.63) is 17.7 Å². The summed E-state index contributed by atoms with van der Waals surface area (Å²) in [7, 11) is 3.62. The summed E-state index contributed by atoms with van der Waals surface area (Å²) in [5.74, 6) is 1.53. The lowest BCUT2D eigenvalue weighted by atomic mass is 9.73. The monoisotopic (exact) mass is 348 g/mol. The van der Waals surface area contributed by atoms with Gasteiger partial charge in [0, 0.05) is 26.2 Å². The van der Waals surface area contributed by atoms with Crippen molar-refractivity contribution in [3.63, 3.8) is 0 Å². The van der Waals surface area contributed by atoms with Gasteiger partial charge in [0.1, 0.15) is 0 Å². The minimum Gasteiger partial charge on any atom is -0.493 e. The molecule has 0 unspecified atom stereocenters. The number of methoxy groups -OCH3 is 1. The quantitative estimate of drug-likeness (QED) is 0.878. The van der Waals surface area contributed by atoms with Crippen LogP contribution in [0.4, 0.5) is 0 Å².